The number of amides is 2. The minimum absolute atomic E-state index is 0.00253. The lowest BCUT2D eigenvalue weighted by atomic mass is 9.79. The Morgan fingerprint density at radius 3 is 2.40 bits per heavy atom. The first-order valence-corrected chi connectivity index (χ1v) is 13.5. The van der Waals surface area contributed by atoms with Crippen LogP contribution in [0.4, 0.5) is 22.4 Å². The van der Waals surface area contributed by atoms with Crippen LogP contribution in [0.1, 0.15) is 89.1 Å². The fourth-order valence-corrected chi connectivity index (χ4v) is 5.35. The molecular weight excluding hydrogens is 534 g/mol. The minimum Gasteiger partial charge on any atom is -0.444 e. The summed E-state index contributed by atoms with van der Waals surface area (Å²) in [5.41, 5.74) is 0.708. The van der Waals surface area contributed by atoms with E-state index >= 15 is 0 Å². The lowest BCUT2D eigenvalue weighted by molar-refractivity contribution is -0.134. The largest absolute Gasteiger partial charge is 0.444 e. The number of nitrogens with one attached hydrogen (secondary N) is 2. The number of carbonyl (C=O) groups excluding carboxylic acids is 2. The Hall–Kier alpha value is -2.96. The number of fused-ring (bicyclic) bond motifs is 1. The second kappa shape index (κ2) is 11.5. The molecule has 2 aliphatic rings. The molecule has 2 aromatic rings. The molecule has 13 heteroatoms. The molecule has 0 aliphatic heterocycles. The highest BCUT2D eigenvalue weighted by molar-refractivity contribution is 5.77. The summed E-state index contributed by atoms with van der Waals surface area (Å²) in [4.78, 5) is 29.8. The van der Waals surface area contributed by atoms with Gasteiger partial charge in [0.1, 0.15) is 5.60 Å². The van der Waals surface area contributed by atoms with Gasteiger partial charge in [-0.1, -0.05) is 0 Å². The number of methoxy groups -OCH3 is 1. The Labute approximate surface area is 230 Å². The number of alkyl halides is 4. The van der Waals surface area contributed by atoms with E-state index < -0.39 is 35.6 Å². The van der Waals surface area contributed by atoms with Gasteiger partial charge in [-0.25, -0.2) is 31.9 Å². The van der Waals surface area contributed by atoms with Crippen molar-refractivity contribution in [2.24, 2.45) is 11.8 Å². The fourth-order valence-electron chi connectivity index (χ4n) is 5.35. The summed E-state index contributed by atoms with van der Waals surface area (Å²) in [6.45, 7) is 5.32. The molecule has 2 fully saturated rings. The van der Waals surface area contributed by atoms with Crippen molar-refractivity contribution in [3.8, 4) is 0 Å². The van der Waals surface area contributed by atoms with Gasteiger partial charge in [0.15, 0.2) is 5.65 Å². The first-order valence-electron chi connectivity index (χ1n) is 13.5. The second-order valence-electron chi connectivity index (χ2n) is 12.0. The predicted octanol–water partition coefficient (Wildman–Crippen LogP) is 5.36. The number of nitrogens with zero attached hydrogens (tertiary/aromatic N) is 3. The molecule has 2 N–H and O–H groups in total. The second-order valence-corrected chi connectivity index (χ2v) is 12.0. The van der Waals surface area contributed by atoms with Crippen molar-refractivity contribution < 1.29 is 36.6 Å². The monoisotopic (exact) mass is 571 g/mol. The molecule has 2 aromatic heterocycles. The third-order valence-electron chi connectivity index (χ3n) is 7.30. The Morgan fingerprint density at radius 1 is 1.12 bits per heavy atom. The molecule has 2 saturated carbocycles. The number of imidazole rings is 1. The molecule has 2 amide bonds. The standard InChI is InChI=1S/C27H37F4N5O4/c1-25(2,3)40-24(38)35-23(17-5-7-26(28,29)8-6-17)19-14-36-21(33-19)10-18(13-32-36)20(15-39-4)34-22(37)9-16-11-27(30,31)12-16/h10,13-14,16-17,20,23H,5-9,11-12,15H2,1-4H3,(H,34,37)(H,35,38)/t20?,23-/m0/s1. The van der Waals surface area contributed by atoms with Gasteiger partial charge in [-0.3, -0.25) is 4.79 Å². The number of carbonyl (C=O) groups is 2. The first kappa shape index (κ1) is 30.0. The lowest BCUT2D eigenvalue weighted by Gasteiger charge is -2.34. The molecule has 1 unspecified atom stereocenters. The van der Waals surface area contributed by atoms with E-state index in [1.54, 1.807) is 33.0 Å². The molecule has 2 aliphatic carbocycles. The summed E-state index contributed by atoms with van der Waals surface area (Å²) >= 11 is 0. The average Bonchev–Trinajstić information content (AvgIpc) is 3.23. The SMILES string of the molecule is COCC(NC(=O)CC1CC(F)(F)C1)c1cnn2cc([C@@H](NC(=O)OC(C)(C)C)C3CCC(F)(F)CC3)nc2c1. The van der Waals surface area contributed by atoms with Crippen LogP contribution in [-0.4, -0.2) is 57.8 Å². The fraction of sp³-hybridized carbons (Fsp3) is 0.704. The average molecular weight is 572 g/mol. The van der Waals surface area contributed by atoms with Crippen molar-refractivity contribution >= 4 is 17.6 Å². The van der Waals surface area contributed by atoms with E-state index in [9.17, 15) is 27.2 Å². The quantitative estimate of drug-likeness (QED) is 0.393. The first-order chi connectivity index (χ1) is 18.6. The minimum atomic E-state index is -2.73. The van der Waals surface area contributed by atoms with Gasteiger partial charge in [0, 0.05) is 44.8 Å². The molecule has 222 valence electrons. The van der Waals surface area contributed by atoms with E-state index in [1.165, 1.54) is 17.8 Å². The summed E-state index contributed by atoms with van der Waals surface area (Å²) in [6.07, 6.45) is 1.75. The number of hydrogen-bond acceptors (Lipinski definition) is 6. The maximum absolute atomic E-state index is 13.9. The third-order valence-corrected chi connectivity index (χ3v) is 7.30. The van der Waals surface area contributed by atoms with Crippen LogP contribution in [0.5, 0.6) is 0 Å². The zero-order valence-corrected chi connectivity index (χ0v) is 23.2. The molecular formula is C27H37F4N5O4. The number of halogens is 4. The molecule has 2 atom stereocenters. The van der Waals surface area contributed by atoms with Gasteiger partial charge < -0.3 is 20.1 Å². The number of alkyl carbamates (subject to hydrolysis) is 1. The Bertz CT molecular complexity index is 1200. The number of aromatic nitrogens is 3. The molecule has 40 heavy (non-hydrogen) atoms. The molecule has 0 aromatic carbocycles. The van der Waals surface area contributed by atoms with Gasteiger partial charge in [-0.15, -0.1) is 0 Å². The number of hydrogen-bond donors (Lipinski definition) is 2. The van der Waals surface area contributed by atoms with Crippen LogP contribution in [0, 0.1) is 11.8 Å². The molecule has 0 bridgehead atoms. The van der Waals surface area contributed by atoms with E-state index in [4.69, 9.17) is 9.47 Å². The Balaban J connectivity index is 1.53. The summed E-state index contributed by atoms with van der Waals surface area (Å²) in [5.74, 6) is -6.43. The normalized spacial score (nSPS) is 20.9. The molecule has 0 saturated heterocycles. The van der Waals surface area contributed by atoms with Gasteiger partial charge in [-0.2, -0.15) is 5.10 Å². The summed E-state index contributed by atoms with van der Waals surface area (Å²) in [5, 5.41) is 10.1. The van der Waals surface area contributed by atoms with Crippen molar-refractivity contribution in [1.29, 1.82) is 0 Å². The van der Waals surface area contributed by atoms with Gasteiger partial charge in [0.05, 0.1) is 36.8 Å². The van der Waals surface area contributed by atoms with Gasteiger partial charge in [0.2, 0.25) is 17.8 Å². The van der Waals surface area contributed by atoms with Crippen LogP contribution in [0.3, 0.4) is 0 Å². The third kappa shape index (κ3) is 7.82. The highest BCUT2D eigenvalue weighted by Gasteiger charge is 2.46. The zero-order valence-electron chi connectivity index (χ0n) is 23.2. The van der Waals surface area contributed by atoms with Crippen molar-refractivity contribution in [3.05, 3.63) is 29.7 Å². The van der Waals surface area contributed by atoms with Crippen molar-refractivity contribution in [2.45, 2.75) is 95.2 Å². The predicted molar refractivity (Wildman–Crippen MR) is 137 cm³/mol. The summed E-state index contributed by atoms with van der Waals surface area (Å²) in [7, 11) is 1.48. The molecule has 0 radical (unpaired) electrons. The number of rotatable bonds is 9. The smallest absolute Gasteiger partial charge is 0.408 e. The van der Waals surface area contributed by atoms with E-state index in [0.29, 0.717) is 16.9 Å². The van der Waals surface area contributed by atoms with Crippen LogP contribution in [0.25, 0.3) is 5.65 Å². The topological polar surface area (TPSA) is 107 Å². The van der Waals surface area contributed by atoms with Crippen LogP contribution in [0.2, 0.25) is 0 Å². The highest BCUT2D eigenvalue weighted by Crippen LogP contribution is 2.44. The van der Waals surface area contributed by atoms with Gasteiger partial charge >= 0.3 is 6.09 Å². The lowest BCUT2D eigenvalue weighted by Crippen LogP contribution is -2.40. The van der Waals surface area contributed by atoms with E-state index in [0.717, 1.165) is 0 Å². The Morgan fingerprint density at radius 2 is 1.80 bits per heavy atom. The van der Waals surface area contributed by atoms with E-state index in [-0.39, 0.29) is 69.3 Å². The molecule has 2 heterocycles. The molecule has 0 spiro atoms. The van der Waals surface area contributed by atoms with Crippen molar-refractivity contribution in [1.82, 2.24) is 25.2 Å². The van der Waals surface area contributed by atoms with Crippen molar-refractivity contribution in [3.63, 3.8) is 0 Å². The maximum Gasteiger partial charge on any atom is 0.408 e. The van der Waals surface area contributed by atoms with Crippen LogP contribution >= 0.6 is 0 Å². The molecule has 4 rings (SSSR count). The van der Waals surface area contributed by atoms with E-state index in [2.05, 4.69) is 20.7 Å². The van der Waals surface area contributed by atoms with Crippen LogP contribution in [0.15, 0.2) is 18.5 Å². The highest BCUT2D eigenvalue weighted by atomic mass is 19.3. The number of ether oxygens (including phenoxy) is 2. The summed E-state index contributed by atoms with van der Waals surface area (Å²) < 4.78 is 66.3. The summed E-state index contributed by atoms with van der Waals surface area (Å²) in [6, 6.07) is 0.440. The van der Waals surface area contributed by atoms with Crippen molar-refractivity contribution in [2.75, 3.05) is 13.7 Å². The Kier molecular flexibility index (Phi) is 8.63. The zero-order chi connectivity index (χ0) is 29.3. The van der Waals surface area contributed by atoms with E-state index in [1.807, 2.05) is 0 Å². The molecule has 9 nitrogen and oxygen atoms in total. The maximum atomic E-state index is 13.9. The van der Waals surface area contributed by atoms with Gasteiger partial charge in [-0.05, 0) is 51.5 Å². The van der Waals surface area contributed by atoms with Crippen LogP contribution in [-0.2, 0) is 14.3 Å². The van der Waals surface area contributed by atoms with Crippen LogP contribution < -0.4 is 10.6 Å². The van der Waals surface area contributed by atoms with Gasteiger partial charge in [0.25, 0.3) is 0 Å².